The van der Waals surface area contributed by atoms with Crippen molar-refractivity contribution in [3.8, 4) is 5.75 Å². The van der Waals surface area contributed by atoms with E-state index in [-0.39, 0.29) is 30.5 Å². The number of carbonyl (C=O) groups excluding carboxylic acids is 2. The van der Waals surface area contributed by atoms with E-state index >= 15 is 0 Å². The van der Waals surface area contributed by atoms with E-state index in [1.807, 2.05) is 29.2 Å². The summed E-state index contributed by atoms with van der Waals surface area (Å²) in [5.74, 6) is 0.484. The molecule has 3 atom stereocenters. The highest BCUT2D eigenvalue weighted by atomic mass is 16.5. The van der Waals surface area contributed by atoms with Crippen molar-refractivity contribution in [1.82, 2.24) is 4.90 Å². The van der Waals surface area contributed by atoms with Gasteiger partial charge in [-0.1, -0.05) is 25.0 Å². The highest BCUT2D eigenvalue weighted by Gasteiger charge is 2.39. The van der Waals surface area contributed by atoms with E-state index in [0.29, 0.717) is 24.6 Å². The fourth-order valence-corrected chi connectivity index (χ4v) is 4.15. The molecule has 1 saturated heterocycles. The molecule has 25 heavy (non-hydrogen) atoms. The van der Waals surface area contributed by atoms with Gasteiger partial charge in [0.05, 0.1) is 24.4 Å². The summed E-state index contributed by atoms with van der Waals surface area (Å²) in [7, 11) is 0. The van der Waals surface area contributed by atoms with Gasteiger partial charge in [0.1, 0.15) is 12.3 Å². The normalized spacial score (nSPS) is 28.8. The van der Waals surface area contributed by atoms with E-state index in [0.717, 1.165) is 25.7 Å². The predicted molar refractivity (Wildman–Crippen MR) is 92.6 cm³/mol. The molecule has 134 valence electrons. The minimum absolute atomic E-state index is 0.00236. The Hall–Kier alpha value is -2.08. The molecule has 1 saturated carbocycles. The fourth-order valence-electron chi connectivity index (χ4n) is 4.15. The first-order valence-corrected chi connectivity index (χ1v) is 9.13. The lowest BCUT2D eigenvalue weighted by molar-refractivity contribution is -0.149. The van der Waals surface area contributed by atoms with Crippen LogP contribution in [0.3, 0.4) is 0 Å². The zero-order valence-corrected chi connectivity index (χ0v) is 14.5. The van der Waals surface area contributed by atoms with Crippen molar-refractivity contribution in [2.45, 2.75) is 50.9 Å². The molecular weight excluding hydrogens is 320 g/mol. The third-order valence-corrected chi connectivity index (χ3v) is 5.42. The maximum atomic E-state index is 13.0. The first kappa shape index (κ1) is 16.4. The predicted octanol–water partition coefficient (Wildman–Crippen LogP) is 1.97. The Bertz CT molecular complexity index is 675. The molecule has 0 radical (unpaired) electrons. The number of fused-ring (bicyclic) bond motifs is 2. The first-order chi connectivity index (χ1) is 12.1. The zero-order chi connectivity index (χ0) is 17.4. The van der Waals surface area contributed by atoms with E-state index in [1.54, 1.807) is 11.8 Å². The van der Waals surface area contributed by atoms with Crippen LogP contribution in [0, 0.1) is 0 Å². The van der Waals surface area contributed by atoms with Crippen LogP contribution in [0.5, 0.6) is 5.75 Å². The summed E-state index contributed by atoms with van der Waals surface area (Å²) in [5.41, 5.74) is 0.674. The Kier molecular flexibility index (Phi) is 4.37. The summed E-state index contributed by atoms with van der Waals surface area (Å²) in [6, 6.07) is 7.54. The molecular formula is C19H24N2O4. The molecule has 4 rings (SSSR count). The summed E-state index contributed by atoms with van der Waals surface area (Å²) >= 11 is 0. The summed E-state index contributed by atoms with van der Waals surface area (Å²) in [6.45, 7) is 2.97. The van der Waals surface area contributed by atoms with Crippen molar-refractivity contribution in [3.05, 3.63) is 24.3 Å². The number of carbonyl (C=O) groups is 2. The van der Waals surface area contributed by atoms with Gasteiger partial charge in [0, 0.05) is 6.54 Å². The summed E-state index contributed by atoms with van der Waals surface area (Å²) in [5, 5.41) is 0. The van der Waals surface area contributed by atoms with Crippen molar-refractivity contribution >= 4 is 17.5 Å². The second-order valence-corrected chi connectivity index (χ2v) is 7.00. The minimum atomic E-state index is -0.574. The molecule has 1 aromatic rings. The van der Waals surface area contributed by atoms with Crippen LogP contribution in [0.4, 0.5) is 5.69 Å². The average Bonchev–Trinajstić information content (AvgIpc) is 2.64. The van der Waals surface area contributed by atoms with E-state index in [4.69, 9.17) is 9.47 Å². The monoisotopic (exact) mass is 344 g/mol. The van der Waals surface area contributed by atoms with Gasteiger partial charge in [0.15, 0.2) is 6.10 Å². The van der Waals surface area contributed by atoms with Crippen molar-refractivity contribution in [2.75, 3.05) is 24.6 Å². The van der Waals surface area contributed by atoms with Crippen LogP contribution < -0.4 is 9.64 Å². The molecule has 0 N–H and O–H groups in total. The Balaban J connectivity index is 1.54. The van der Waals surface area contributed by atoms with Crippen molar-refractivity contribution < 1.29 is 19.1 Å². The number of ether oxygens (including phenoxy) is 2. The van der Waals surface area contributed by atoms with Gasteiger partial charge in [-0.15, -0.1) is 0 Å². The number of hydrogen-bond acceptors (Lipinski definition) is 4. The van der Waals surface area contributed by atoms with Gasteiger partial charge < -0.3 is 14.4 Å². The number of nitrogens with zero attached hydrogens (tertiary/aromatic N) is 2. The Morgan fingerprint density at radius 1 is 1.24 bits per heavy atom. The number of morpholine rings is 1. The van der Waals surface area contributed by atoms with E-state index in [9.17, 15) is 9.59 Å². The zero-order valence-electron chi connectivity index (χ0n) is 14.5. The second kappa shape index (κ2) is 6.67. The lowest BCUT2D eigenvalue weighted by Gasteiger charge is -2.44. The first-order valence-electron chi connectivity index (χ1n) is 9.13. The van der Waals surface area contributed by atoms with E-state index < -0.39 is 6.10 Å². The fraction of sp³-hybridized carbons (Fsp3) is 0.579. The Labute approximate surface area is 147 Å². The van der Waals surface area contributed by atoms with Gasteiger partial charge in [-0.2, -0.15) is 0 Å². The smallest absolute Gasteiger partial charge is 0.268 e. The highest BCUT2D eigenvalue weighted by Crippen LogP contribution is 2.34. The van der Waals surface area contributed by atoms with Crippen LogP contribution in [0.15, 0.2) is 24.3 Å². The van der Waals surface area contributed by atoms with Crippen molar-refractivity contribution in [1.29, 1.82) is 0 Å². The molecule has 3 aliphatic rings. The van der Waals surface area contributed by atoms with Gasteiger partial charge in [0.2, 0.25) is 5.91 Å². The molecule has 1 aromatic carbocycles. The Morgan fingerprint density at radius 3 is 2.92 bits per heavy atom. The highest BCUT2D eigenvalue weighted by molar-refractivity contribution is 6.03. The number of anilines is 1. The van der Waals surface area contributed by atoms with E-state index in [1.165, 1.54) is 0 Å². The summed E-state index contributed by atoms with van der Waals surface area (Å²) in [6.07, 6.45) is 3.87. The Morgan fingerprint density at radius 2 is 2.04 bits per heavy atom. The number of rotatable bonds is 2. The van der Waals surface area contributed by atoms with Crippen molar-refractivity contribution in [3.63, 3.8) is 0 Å². The summed E-state index contributed by atoms with van der Waals surface area (Å²) < 4.78 is 11.5. The lowest BCUT2D eigenvalue weighted by atomic mass is 9.90. The van der Waals surface area contributed by atoms with Crippen LogP contribution in [0.2, 0.25) is 0 Å². The molecule has 0 aromatic heterocycles. The van der Waals surface area contributed by atoms with Crippen LogP contribution >= 0.6 is 0 Å². The van der Waals surface area contributed by atoms with E-state index in [2.05, 4.69) is 0 Å². The standard InChI is InChI=1S/C19H24N2O4/c1-13-19(23)21(15-7-3-5-9-17(15)25-13)12-18(22)20-10-11-24-16-8-4-2-6-14(16)20/h3,5,7,9,13-14,16H,2,4,6,8,10-12H2,1H3/t13-,14+,16+/m0/s1. The molecule has 1 aliphatic carbocycles. The number of hydrogen-bond donors (Lipinski definition) is 0. The van der Waals surface area contributed by atoms with Crippen molar-refractivity contribution in [2.24, 2.45) is 0 Å². The molecule has 0 bridgehead atoms. The molecule has 6 heteroatoms. The van der Waals surface area contributed by atoms with Gasteiger partial charge in [-0.25, -0.2) is 0 Å². The quantitative estimate of drug-likeness (QED) is 0.823. The number of para-hydroxylation sites is 2. The minimum Gasteiger partial charge on any atom is -0.479 e. The van der Waals surface area contributed by atoms with Gasteiger partial charge >= 0.3 is 0 Å². The SMILES string of the molecule is C[C@@H]1Oc2ccccc2N(CC(=O)N2CCO[C@@H]3CCCC[C@H]32)C1=O. The molecule has 2 heterocycles. The second-order valence-electron chi connectivity index (χ2n) is 7.00. The average molecular weight is 344 g/mol. The third-order valence-electron chi connectivity index (χ3n) is 5.42. The lowest BCUT2D eigenvalue weighted by Crippen LogP contribution is -2.58. The van der Waals surface area contributed by atoms with Gasteiger partial charge in [-0.05, 0) is 31.9 Å². The maximum absolute atomic E-state index is 13.0. The van der Waals surface area contributed by atoms with Crippen LogP contribution in [0.25, 0.3) is 0 Å². The number of benzene rings is 1. The van der Waals surface area contributed by atoms with Gasteiger partial charge in [0.25, 0.3) is 5.91 Å². The molecule has 2 fully saturated rings. The molecule has 0 unspecified atom stereocenters. The molecule has 0 spiro atoms. The van der Waals surface area contributed by atoms with Crippen LogP contribution in [0.1, 0.15) is 32.6 Å². The maximum Gasteiger partial charge on any atom is 0.268 e. The van der Waals surface area contributed by atoms with Crippen LogP contribution in [-0.4, -0.2) is 54.7 Å². The number of amides is 2. The third kappa shape index (κ3) is 2.99. The molecule has 6 nitrogen and oxygen atoms in total. The van der Waals surface area contributed by atoms with Crippen LogP contribution in [-0.2, 0) is 14.3 Å². The molecule has 2 amide bonds. The topological polar surface area (TPSA) is 59.1 Å². The summed E-state index contributed by atoms with van der Waals surface area (Å²) in [4.78, 5) is 29.1. The largest absolute Gasteiger partial charge is 0.479 e. The molecule has 2 aliphatic heterocycles. The van der Waals surface area contributed by atoms with Gasteiger partial charge in [-0.3, -0.25) is 14.5 Å².